The molecule has 0 aliphatic carbocycles. The lowest BCUT2D eigenvalue weighted by molar-refractivity contribution is -0.179. The zero-order valence-corrected chi connectivity index (χ0v) is 11.4. The number of halogens is 3. The van der Waals surface area contributed by atoms with Gasteiger partial charge in [-0.05, 0) is 44.0 Å². The van der Waals surface area contributed by atoms with Gasteiger partial charge in [0.1, 0.15) is 12.0 Å². The van der Waals surface area contributed by atoms with E-state index in [4.69, 9.17) is 10.5 Å². The molecule has 0 spiro atoms. The Labute approximate surface area is 116 Å². The van der Waals surface area contributed by atoms with Crippen molar-refractivity contribution in [2.45, 2.75) is 32.2 Å². The first-order valence-electron chi connectivity index (χ1n) is 6.70. The van der Waals surface area contributed by atoms with Crippen LogP contribution >= 0.6 is 0 Å². The van der Waals surface area contributed by atoms with Crippen molar-refractivity contribution in [2.24, 2.45) is 11.7 Å². The minimum Gasteiger partial charge on any atom is -0.476 e. The lowest BCUT2D eigenvalue weighted by Crippen LogP contribution is -2.38. The van der Waals surface area contributed by atoms with Gasteiger partial charge in [0.25, 0.3) is 0 Å². The van der Waals surface area contributed by atoms with E-state index in [1.54, 1.807) is 19.1 Å². The quantitative estimate of drug-likeness (QED) is 0.868. The Bertz CT molecular complexity index is 423. The lowest BCUT2D eigenvalue weighted by Gasteiger charge is -2.34. The van der Waals surface area contributed by atoms with Crippen LogP contribution in [0.3, 0.4) is 0 Å². The third-order valence-corrected chi connectivity index (χ3v) is 3.48. The van der Waals surface area contributed by atoms with Crippen LogP contribution in [0.15, 0.2) is 24.3 Å². The molecular formula is C14H19F3N2O. The highest BCUT2D eigenvalue weighted by molar-refractivity contribution is 5.49. The number of nitrogens with zero attached hydrogens (tertiary/aromatic N) is 1. The number of rotatable bonds is 3. The average Bonchev–Trinajstić information content (AvgIpc) is 2.38. The summed E-state index contributed by atoms with van der Waals surface area (Å²) in [6, 6.07) is 7.28. The van der Waals surface area contributed by atoms with E-state index < -0.39 is 12.1 Å². The third kappa shape index (κ3) is 3.79. The van der Waals surface area contributed by atoms with Crippen molar-refractivity contribution in [1.29, 1.82) is 0 Å². The van der Waals surface area contributed by atoms with Crippen LogP contribution in [0.2, 0.25) is 0 Å². The Kier molecular flexibility index (Phi) is 4.42. The van der Waals surface area contributed by atoms with E-state index in [0.717, 1.165) is 5.69 Å². The second-order valence-corrected chi connectivity index (χ2v) is 5.12. The summed E-state index contributed by atoms with van der Waals surface area (Å²) in [4.78, 5) is 1.97. The van der Waals surface area contributed by atoms with E-state index in [0.29, 0.717) is 18.8 Å². The summed E-state index contributed by atoms with van der Waals surface area (Å²) in [5.41, 5.74) is 6.44. The molecule has 2 rings (SSSR count). The van der Waals surface area contributed by atoms with Gasteiger partial charge in [-0.3, -0.25) is 5.73 Å². The van der Waals surface area contributed by atoms with Crippen molar-refractivity contribution >= 4 is 5.69 Å². The molecule has 0 bridgehead atoms. The van der Waals surface area contributed by atoms with Crippen LogP contribution in [0.25, 0.3) is 0 Å². The van der Waals surface area contributed by atoms with Gasteiger partial charge < -0.3 is 9.64 Å². The van der Waals surface area contributed by atoms with E-state index in [1.165, 1.54) is 0 Å². The Morgan fingerprint density at radius 2 is 1.75 bits per heavy atom. The average molecular weight is 288 g/mol. The van der Waals surface area contributed by atoms with Gasteiger partial charge in [-0.15, -0.1) is 0 Å². The molecule has 1 saturated heterocycles. The molecular weight excluding hydrogens is 269 g/mol. The molecule has 0 aromatic heterocycles. The second kappa shape index (κ2) is 5.91. The monoisotopic (exact) mass is 288 g/mol. The summed E-state index contributed by atoms with van der Waals surface area (Å²) in [6.07, 6.45) is -4.15. The van der Waals surface area contributed by atoms with Gasteiger partial charge in [-0.2, -0.15) is 13.2 Å². The number of hydrogen-bond acceptors (Lipinski definition) is 3. The molecule has 3 nitrogen and oxygen atoms in total. The van der Waals surface area contributed by atoms with Gasteiger partial charge in [0.15, 0.2) is 0 Å². The predicted molar refractivity (Wildman–Crippen MR) is 71.7 cm³/mol. The summed E-state index contributed by atoms with van der Waals surface area (Å²) in [6.45, 7) is 2.59. The number of piperidine rings is 1. The molecule has 0 amide bonds. The maximum Gasteiger partial charge on any atom is 0.391 e. The van der Waals surface area contributed by atoms with Gasteiger partial charge in [0.05, 0.1) is 5.92 Å². The minimum atomic E-state index is -4.07. The molecule has 1 heterocycles. The summed E-state index contributed by atoms with van der Waals surface area (Å²) < 4.78 is 43.1. The topological polar surface area (TPSA) is 38.5 Å². The van der Waals surface area contributed by atoms with E-state index in [2.05, 4.69) is 0 Å². The highest BCUT2D eigenvalue weighted by Gasteiger charge is 2.41. The number of hydrogen-bond donors (Lipinski definition) is 1. The molecule has 6 heteroatoms. The molecule has 1 aromatic carbocycles. The maximum atomic E-state index is 12.6. The fraction of sp³-hybridized carbons (Fsp3) is 0.571. The Hall–Kier alpha value is -1.43. The van der Waals surface area contributed by atoms with Gasteiger partial charge in [0, 0.05) is 18.8 Å². The van der Waals surface area contributed by atoms with E-state index in [9.17, 15) is 13.2 Å². The molecule has 0 radical (unpaired) electrons. The molecule has 1 unspecified atom stereocenters. The van der Waals surface area contributed by atoms with Gasteiger partial charge in [-0.1, -0.05) is 0 Å². The summed E-state index contributed by atoms with van der Waals surface area (Å²) in [5, 5.41) is 0. The minimum absolute atomic E-state index is 0.154. The first-order valence-corrected chi connectivity index (χ1v) is 6.70. The molecule has 1 aliphatic heterocycles. The standard InChI is InChI=1S/C14H19F3N2O/c1-10(18)20-13-4-2-12(3-5-13)19-8-6-11(7-9-19)14(15,16)17/h2-5,10-11H,6-9,18H2,1H3. The van der Waals surface area contributed by atoms with Crippen molar-refractivity contribution in [3.63, 3.8) is 0 Å². The van der Waals surface area contributed by atoms with E-state index in [-0.39, 0.29) is 19.1 Å². The highest BCUT2D eigenvalue weighted by Crippen LogP contribution is 2.35. The first kappa shape index (κ1) is 15.0. The molecule has 0 saturated carbocycles. The van der Waals surface area contributed by atoms with Gasteiger partial charge >= 0.3 is 6.18 Å². The summed E-state index contributed by atoms with van der Waals surface area (Å²) in [5.74, 6) is -0.506. The van der Waals surface area contributed by atoms with Crippen molar-refractivity contribution in [3.8, 4) is 5.75 Å². The van der Waals surface area contributed by atoms with Crippen molar-refractivity contribution < 1.29 is 17.9 Å². The third-order valence-electron chi connectivity index (χ3n) is 3.48. The SMILES string of the molecule is CC(N)Oc1ccc(N2CCC(C(F)(F)F)CC2)cc1. The lowest BCUT2D eigenvalue weighted by atomic mass is 9.96. The second-order valence-electron chi connectivity index (χ2n) is 5.12. The number of nitrogens with two attached hydrogens (primary N) is 1. The van der Waals surface area contributed by atoms with Crippen LogP contribution in [-0.4, -0.2) is 25.5 Å². The Morgan fingerprint density at radius 1 is 1.20 bits per heavy atom. The van der Waals surface area contributed by atoms with Crippen molar-refractivity contribution in [1.82, 2.24) is 0 Å². The van der Waals surface area contributed by atoms with E-state index in [1.807, 2.05) is 17.0 Å². The predicted octanol–water partition coefficient (Wildman–Crippen LogP) is 3.15. The number of anilines is 1. The van der Waals surface area contributed by atoms with Crippen LogP contribution in [0.5, 0.6) is 5.75 Å². The van der Waals surface area contributed by atoms with Crippen molar-refractivity contribution in [3.05, 3.63) is 24.3 Å². The Balaban J connectivity index is 1.94. The fourth-order valence-electron chi connectivity index (χ4n) is 2.42. The smallest absolute Gasteiger partial charge is 0.391 e. The molecule has 1 atom stereocenters. The largest absolute Gasteiger partial charge is 0.476 e. The summed E-state index contributed by atoms with van der Waals surface area (Å²) >= 11 is 0. The number of ether oxygens (including phenoxy) is 1. The number of benzene rings is 1. The van der Waals surface area contributed by atoms with Crippen LogP contribution in [0.1, 0.15) is 19.8 Å². The number of alkyl halides is 3. The van der Waals surface area contributed by atoms with Crippen LogP contribution in [0, 0.1) is 5.92 Å². The van der Waals surface area contributed by atoms with Crippen LogP contribution < -0.4 is 15.4 Å². The summed E-state index contributed by atoms with van der Waals surface area (Å²) in [7, 11) is 0. The van der Waals surface area contributed by atoms with E-state index >= 15 is 0 Å². The molecule has 20 heavy (non-hydrogen) atoms. The maximum absolute atomic E-state index is 12.6. The molecule has 1 fully saturated rings. The van der Waals surface area contributed by atoms with Crippen molar-refractivity contribution in [2.75, 3.05) is 18.0 Å². The molecule has 1 aliphatic rings. The zero-order valence-electron chi connectivity index (χ0n) is 11.4. The van der Waals surface area contributed by atoms with Gasteiger partial charge in [-0.25, -0.2) is 0 Å². The van der Waals surface area contributed by atoms with Crippen LogP contribution in [-0.2, 0) is 0 Å². The highest BCUT2D eigenvalue weighted by atomic mass is 19.4. The molecule has 112 valence electrons. The zero-order chi connectivity index (χ0) is 14.8. The Morgan fingerprint density at radius 3 is 2.20 bits per heavy atom. The normalized spacial score (nSPS) is 18.9. The molecule has 1 aromatic rings. The van der Waals surface area contributed by atoms with Gasteiger partial charge in [0.2, 0.25) is 0 Å². The molecule has 2 N–H and O–H groups in total. The first-order chi connectivity index (χ1) is 9.36. The fourth-order valence-corrected chi connectivity index (χ4v) is 2.42. The van der Waals surface area contributed by atoms with Crippen LogP contribution in [0.4, 0.5) is 18.9 Å².